The van der Waals surface area contributed by atoms with Crippen molar-refractivity contribution in [1.82, 2.24) is 19.7 Å². The second kappa shape index (κ2) is 7.95. The highest BCUT2D eigenvalue weighted by molar-refractivity contribution is 6.40. The minimum absolute atomic E-state index is 0.0292. The van der Waals surface area contributed by atoms with Gasteiger partial charge in [-0.3, -0.25) is 4.79 Å². The van der Waals surface area contributed by atoms with Crippen molar-refractivity contribution in [3.63, 3.8) is 0 Å². The first kappa shape index (κ1) is 20.7. The van der Waals surface area contributed by atoms with Gasteiger partial charge in [0.15, 0.2) is 5.65 Å². The number of fused-ring (bicyclic) bond motifs is 1. The smallest absolute Gasteiger partial charge is 0.262 e. The summed E-state index contributed by atoms with van der Waals surface area (Å²) in [6.45, 7) is 3.88. The van der Waals surface area contributed by atoms with Crippen LogP contribution in [0.2, 0.25) is 15.1 Å². The number of nitrogens with zero attached hydrogens (tertiary/aromatic N) is 3. The molecule has 0 fully saturated rings. The number of phenols is 1. The lowest BCUT2D eigenvalue weighted by Crippen LogP contribution is -2.14. The summed E-state index contributed by atoms with van der Waals surface area (Å²) in [4.78, 5) is 20.5. The highest BCUT2D eigenvalue weighted by atomic mass is 35.5. The van der Waals surface area contributed by atoms with E-state index in [1.807, 2.05) is 19.9 Å². The third kappa shape index (κ3) is 3.78. The summed E-state index contributed by atoms with van der Waals surface area (Å²) in [5.74, 6) is 0.539. The maximum absolute atomic E-state index is 13.0. The van der Waals surface area contributed by atoms with Gasteiger partial charge in [0, 0.05) is 11.4 Å². The van der Waals surface area contributed by atoms with Gasteiger partial charge in [-0.05, 0) is 35.7 Å². The molecule has 0 saturated carbocycles. The number of benzene rings is 2. The molecule has 0 aliphatic heterocycles. The number of H-pyrrole nitrogens is 1. The number of hydrogen-bond acceptors (Lipinski definition) is 4. The van der Waals surface area contributed by atoms with Crippen molar-refractivity contribution >= 4 is 45.8 Å². The van der Waals surface area contributed by atoms with E-state index in [0.717, 1.165) is 5.56 Å². The van der Waals surface area contributed by atoms with Crippen molar-refractivity contribution in [2.45, 2.75) is 26.2 Å². The molecule has 2 aromatic carbocycles. The van der Waals surface area contributed by atoms with Crippen molar-refractivity contribution in [2.24, 2.45) is 0 Å². The maximum atomic E-state index is 13.0. The number of halogens is 3. The predicted octanol–water partition coefficient (Wildman–Crippen LogP) is 5.49. The normalized spacial score (nSPS) is 11.5. The summed E-state index contributed by atoms with van der Waals surface area (Å²) in [5.41, 5.74) is 1.84. The molecule has 4 aromatic rings. The summed E-state index contributed by atoms with van der Waals surface area (Å²) in [7, 11) is 0. The number of aromatic hydroxyl groups is 1. The van der Waals surface area contributed by atoms with E-state index < -0.39 is 0 Å². The largest absolute Gasteiger partial charge is 0.508 e. The van der Waals surface area contributed by atoms with Crippen LogP contribution in [0.15, 0.2) is 41.2 Å². The second-order valence-electron chi connectivity index (χ2n) is 7.23. The predicted molar refractivity (Wildman–Crippen MR) is 120 cm³/mol. The van der Waals surface area contributed by atoms with Gasteiger partial charge >= 0.3 is 0 Å². The van der Waals surface area contributed by atoms with Gasteiger partial charge in [0.25, 0.3) is 5.56 Å². The summed E-state index contributed by atoms with van der Waals surface area (Å²) in [6, 6.07) is 9.90. The second-order valence-corrected chi connectivity index (χ2v) is 8.48. The lowest BCUT2D eigenvalue weighted by Gasteiger charge is -2.09. The van der Waals surface area contributed by atoms with Crippen LogP contribution in [0.3, 0.4) is 0 Å². The van der Waals surface area contributed by atoms with Crippen LogP contribution in [0.1, 0.15) is 36.8 Å². The Bertz CT molecular complexity index is 1300. The Morgan fingerprint density at radius 1 is 1.13 bits per heavy atom. The zero-order chi connectivity index (χ0) is 21.6. The molecule has 9 heteroatoms. The van der Waals surface area contributed by atoms with Crippen molar-refractivity contribution in [1.29, 1.82) is 0 Å². The van der Waals surface area contributed by atoms with Crippen molar-refractivity contribution < 1.29 is 5.11 Å². The maximum Gasteiger partial charge on any atom is 0.262 e. The zero-order valence-corrected chi connectivity index (χ0v) is 18.3. The number of aromatic amines is 1. The van der Waals surface area contributed by atoms with Crippen LogP contribution in [-0.4, -0.2) is 24.9 Å². The van der Waals surface area contributed by atoms with Gasteiger partial charge in [-0.15, -0.1) is 0 Å². The van der Waals surface area contributed by atoms with Crippen LogP contribution < -0.4 is 5.56 Å². The molecule has 0 saturated heterocycles. The van der Waals surface area contributed by atoms with E-state index in [2.05, 4.69) is 15.1 Å². The fourth-order valence-corrected chi connectivity index (χ4v) is 4.31. The Balaban J connectivity index is 1.97. The first-order valence-corrected chi connectivity index (χ1v) is 10.3. The highest BCUT2D eigenvalue weighted by Gasteiger charge is 2.23. The molecular weight excluding hydrogens is 447 g/mol. The Labute approximate surface area is 187 Å². The number of phenolic OH excluding ortho intramolecular Hbond substituents is 1. The Morgan fingerprint density at radius 2 is 1.83 bits per heavy atom. The lowest BCUT2D eigenvalue weighted by molar-refractivity contribution is 0.474. The lowest BCUT2D eigenvalue weighted by atomic mass is 10.1. The van der Waals surface area contributed by atoms with Crippen molar-refractivity contribution in [2.75, 3.05) is 0 Å². The van der Waals surface area contributed by atoms with E-state index in [0.29, 0.717) is 49.7 Å². The fourth-order valence-electron chi connectivity index (χ4n) is 3.34. The average molecular weight is 464 g/mol. The number of hydrogen-bond donors (Lipinski definition) is 2. The highest BCUT2D eigenvalue weighted by Crippen LogP contribution is 2.34. The molecule has 4 rings (SSSR count). The van der Waals surface area contributed by atoms with Crippen molar-refractivity contribution in [3.8, 4) is 11.4 Å². The SMILES string of the molecule is CC(C)c1nn(-c2c(Cl)cc(Cl)cc2Cl)c2nc(Cc3cccc(O)c3)[nH]c(=O)c12. The van der Waals surface area contributed by atoms with Gasteiger partial charge in [-0.25, -0.2) is 9.67 Å². The molecule has 154 valence electrons. The molecule has 0 spiro atoms. The molecule has 0 bridgehead atoms. The topological polar surface area (TPSA) is 83.8 Å². The summed E-state index contributed by atoms with van der Waals surface area (Å²) < 4.78 is 1.49. The number of nitrogens with one attached hydrogen (secondary N) is 1. The third-order valence-corrected chi connectivity index (χ3v) is 5.43. The monoisotopic (exact) mass is 462 g/mol. The molecule has 0 atom stereocenters. The summed E-state index contributed by atoms with van der Waals surface area (Å²) in [5, 5.41) is 15.7. The third-order valence-electron chi connectivity index (χ3n) is 4.64. The summed E-state index contributed by atoms with van der Waals surface area (Å²) in [6.07, 6.45) is 0.323. The van der Waals surface area contributed by atoms with Gasteiger partial charge < -0.3 is 10.1 Å². The molecule has 2 heterocycles. The molecule has 0 unspecified atom stereocenters. The quantitative estimate of drug-likeness (QED) is 0.419. The molecule has 6 nitrogen and oxygen atoms in total. The number of rotatable bonds is 4. The molecule has 2 N–H and O–H groups in total. The van der Waals surface area contributed by atoms with Crippen LogP contribution in [0.5, 0.6) is 5.75 Å². The average Bonchev–Trinajstić information content (AvgIpc) is 3.01. The van der Waals surface area contributed by atoms with Crippen molar-refractivity contribution in [3.05, 3.63) is 78.9 Å². The van der Waals surface area contributed by atoms with Crippen LogP contribution in [-0.2, 0) is 6.42 Å². The Kier molecular flexibility index (Phi) is 5.49. The molecule has 0 amide bonds. The van der Waals surface area contributed by atoms with E-state index in [9.17, 15) is 9.90 Å². The van der Waals surface area contributed by atoms with Gasteiger partial charge in [0.05, 0.1) is 15.7 Å². The van der Waals surface area contributed by atoms with E-state index in [4.69, 9.17) is 34.8 Å². The minimum atomic E-state index is -0.300. The number of aromatic nitrogens is 4. The van der Waals surface area contributed by atoms with E-state index in [1.54, 1.807) is 30.3 Å². The van der Waals surface area contributed by atoms with Gasteiger partial charge in [-0.2, -0.15) is 5.10 Å². The van der Waals surface area contributed by atoms with Crippen LogP contribution in [0, 0.1) is 0 Å². The molecular formula is C21H17Cl3N4O2. The zero-order valence-electron chi connectivity index (χ0n) is 16.1. The molecule has 2 aromatic heterocycles. The van der Waals surface area contributed by atoms with Crippen LogP contribution >= 0.6 is 34.8 Å². The molecule has 0 aliphatic carbocycles. The minimum Gasteiger partial charge on any atom is -0.508 e. The van der Waals surface area contributed by atoms with E-state index in [-0.39, 0.29) is 17.2 Å². The summed E-state index contributed by atoms with van der Waals surface area (Å²) >= 11 is 18.9. The molecule has 0 aliphatic rings. The molecule has 0 radical (unpaired) electrons. The van der Waals surface area contributed by atoms with Gasteiger partial charge in [0.1, 0.15) is 22.6 Å². The van der Waals surface area contributed by atoms with Crippen LogP contribution in [0.25, 0.3) is 16.7 Å². The van der Waals surface area contributed by atoms with Crippen LogP contribution in [0.4, 0.5) is 0 Å². The standard InChI is InChI=1S/C21H17Cl3N4O2/c1-10(2)18-17-20(28(27-18)19-14(23)8-12(22)9-15(19)24)25-16(26-21(17)30)7-11-4-3-5-13(29)6-11/h3-6,8-10,29H,7H2,1-2H3,(H,25,26,30). The Morgan fingerprint density at radius 3 is 2.47 bits per heavy atom. The Hall–Kier alpha value is -2.54. The first-order valence-electron chi connectivity index (χ1n) is 9.19. The van der Waals surface area contributed by atoms with Gasteiger partial charge in [0.2, 0.25) is 0 Å². The van der Waals surface area contributed by atoms with E-state index in [1.165, 1.54) is 4.68 Å². The molecule has 30 heavy (non-hydrogen) atoms. The van der Waals surface area contributed by atoms with Gasteiger partial charge in [-0.1, -0.05) is 60.8 Å². The fraction of sp³-hybridized carbons (Fsp3) is 0.190. The van der Waals surface area contributed by atoms with E-state index >= 15 is 0 Å². The first-order chi connectivity index (χ1) is 14.2.